The van der Waals surface area contributed by atoms with Gasteiger partial charge in [0.15, 0.2) is 0 Å². The molecule has 1 fully saturated rings. The summed E-state index contributed by atoms with van der Waals surface area (Å²) in [6.45, 7) is 4.79. The van der Waals surface area contributed by atoms with Gasteiger partial charge in [-0.05, 0) is 26.7 Å². The molecule has 0 aromatic rings. The second-order valence-corrected chi connectivity index (χ2v) is 4.56. The summed E-state index contributed by atoms with van der Waals surface area (Å²) in [5, 5.41) is 11.8. The number of urea groups is 1. The number of nitrogens with zero attached hydrogens (tertiary/aromatic N) is 1. The van der Waals surface area contributed by atoms with Crippen LogP contribution in [0.5, 0.6) is 0 Å². The summed E-state index contributed by atoms with van der Waals surface area (Å²) in [7, 11) is 0. The van der Waals surface area contributed by atoms with E-state index in [9.17, 15) is 14.7 Å². The Morgan fingerprint density at radius 1 is 1.44 bits per heavy atom. The minimum Gasteiger partial charge on any atom is -0.390 e. The van der Waals surface area contributed by atoms with Gasteiger partial charge in [0.2, 0.25) is 5.91 Å². The molecule has 1 aliphatic rings. The van der Waals surface area contributed by atoms with Gasteiger partial charge in [-0.15, -0.1) is 0 Å². The number of carbonyl (C=O) groups excluding carboxylic acids is 2. The van der Waals surface area contributed by atoms with Crippen molar-refractivity contribution in [3.63, 3.8) is 0 Å². The number of hydrogen-bond donors (Lipinski definition) is 3. The van der Waals surface area contributed by atoms with Gasteiger partial charge in [0.1, 0.15) is 0 Å². The number of nitrogens with one attached hydrogen (secondary N) is 1. The third kappa shape index (κ3) is 3.46. The second kappa shape index (κ2) is 4.80. The van der Waals surface area contributed by atoms with Crippen molar-refractivity contribution < 1.29 is 14.7 Å². The number of primary amides is 1. The Bertz CT molecular complexity index is 281. The van der Waals surface area contributed by atoms with Gasteiger partial charge in [-0.25, -0.2) is 4.79 Å². The predicted molar refractivity (Wildman–Crippen MR) is 58.6 cm³/mol. The van der Waals surface area contributed by atoms with Crippen LogP contribution in [0.1, 0.15) is 26.7 Å². The fourth-order valence-electron chi connectivity index (χ4n) is 1.78. The van der Waals surface area contributed by atoms with Crippen LogP contribution in [0.3, 0.4) is 0 Å². The minimum atomic E-state index is -0.833. The van der Waals surface area contributed by atoms with E-state index < -0.39 is 23.6 Å². The summed E-state index contributed by atoms with van der Waals surface area (Å²) in [6.07, 6.45) is 1.25. The molecule has 16 heavy (non-hydrogen) atoms. The molecule has 1 aliphatic heterocycles. The lowest BCUT2D eigenvalue weighted by Gasteiger charge is -2.38. The SMILES string of the molecule is CC(C(=O)NC(N)=O)N1CCC(C)(O)CC1. The van der Waals surface area contributed by atoms with E-state index in [0.717, 1.165) is 0 Å². The molecule has 0 spiro atoms. The molecule has 0 aliphatic carbocycles. The Labute approximate surface area is 94.8 Å². The first-order valence-corrected chi connectivity index (χ1v) is 5.38. The van der Waals surface area contributed by atoms with Gasteiger partial charge in [-0.1, -0.05) is 0 Å². The molecule has 0 radical (unpaired) electrons. The maximum Gasteiger partial charge on any atom is 0.318 e. The zero-order valence-corrected chi connectivity index (χ0v) is 9.69. The number of hydrogen-bond acceptors (Lipinski definition) is 4. The van der Waals surface area contributed by atoms with E-state index in [1.807, 2.05) is 4.90 Å². The summed E-state index contributed by atoms with van der Waals surface area (Å²) in [5.41, 5.74) is 4.23. The van der Waals surface area contributed by atoms with Gasteiger partial charge in [0.25, 0.3) is 0 Å². The smallest absolute Gasteiger partial charge is 0.318 e. The molecule has 1 heterocycles. The van der Waals surface area contributed by atoms with Gasteiger partial charge in [-0.2, -0.15) is 0 Å². The van der Waals surface area contributed by atoms with E-state index in [0.29, 0.717) is 25.9 Å². The third-order valence-electron chi connectivity index (χ3n) is 3.05. The van der Waals surface area contributed by atoms with E-state index in [-0.39, 0.29) is 0 Å². The number of rotatable bonds is 2. The van der Waals surface area contributed by atoms with Gasteiger partial charge >= 0.3 is 6.03 Å². The molecule has 92 valence electrons. The Kier molecular flexibility index (Phi) is 3.88. The lowest BCUT2D eigenvalue weighted by atomic mass is 9.93. The third-order valence-corrected chi connectivity index (χ3v) is 3.05. The monoisotopic (exact) mass is 229 g/mol. The van der Waals surface area contributed by atoms with Crippen molar-refractivity contribution in [1.29, 1.82) is 0 Å². The highest BCUT2D eigenvalue weighted by molar-refractivity contribution is 5.96. The Morgan fingerprint density at radius 3 is 2.38 bits per heavy atom. The average molecular weight is 229 g/mol. The van der Waals surface area contributed by atoms with Crippen LogP contribution in [0.25, 0.3) is 0 Å². The maximum absolute atomic E-state index is 11.5. The molecule has 1 unspecified atom stereocenters. The highest BCUT2D eigenvalue weighted by atomic mass is 16.3. The minimum absolute atomic E-state index is 0.394. The van der Waals surface area contributed by atoms with Gasteiger partial charge < -0.3 is 10.8 Å². The number of amides is 3. The topological polar surface area (TPSA) is 95.7 Å². The Morgan fingerprint density at radius 2 is 1.94 bits per heavy atom. The number of likely N-dealkylation sites (tertiary alicyclic amines) is 1. The van der Waals surface area contributed by atoms with Crippen molar-refractivity contribution in [3.8, 4) is 0 Å². The molecular formula is C10H19N3O3. The van der Waals surface area contributed by atoms with Crippen molar-refractivity contribution in [3.05, 3.63) is 0 Å². The number of carbonyl (C=O) groups is 2. The Balaban J connectivity index is 2.47. The van der Waals surface area contributed by atoms with Crippen molar-refractivity contribution in [2.75, 3.05) is 13.1 Å². The van der Waals surface area contributed by atoms with Crippen molar-refractivity contribution in [2.24, 2.45) is 5.73 Å². The molecule has 0 bridgehead atoms. The van der Waals surface area contributed by atoms with Gasteiger partial charge in [0, 0.05) is 13.1 Å². The van der Waals surface area contributed by atoms with Crippen LogP contribution in [0.4, 0.5) is 4.79 Å². The van der Waals surface area contributed by atoms with Gasteiger partial charge in [-0.3, -0.25) is 15.0 Å². The molecule has 1 atom stereocenters. The number of nitrogens with two attached hydrogens (primary N) is 1. The highest BCUT2D eigenvalue weighted by Gasteiger charge is 2.31. The summed E-state index contributed by atoms with van der Waals surface area (Å²) in [4.78, 5) is 24.0. The maximum atomic E-state index is 11.5. The molecule has 3 amide bonds. The molecule has 0 saturated carbocycles. The normalized spacial score (nSPS) is 22.4. The first kappa shape index (κ1) is 12.9. The van der Waals surface area contributed by atoms with Crippen LogP contribution >= 0.6 is 0 Å². The van der Waals surface area contributed by atoms with Crippen molar-refractivity contribution >= 4 is 11.9 Å². The van der Waals surface area contributed by atoms with E-state index in [4.69, 9.17) is 5.73 Å². The van der Waals surface area contributed by atoms with E-state index >= 15 is 0 Å². The molecular weight excluding hydrogens is 210 g/mol. The lowest BCUT2D eigenvalue weighted by molar-refractivity contribution is -0.126. The Hall–Kier alpha value is -1.14. The second-order valence-electron chi connectivity index (χ2n) is 4.56. The average Bonchev–Trinajstić information content (AvgIpc) is 2.15. The predicted octanol–water partition coefficient (Wildman–Crippen LogP) is -0.583. The van der Waals surface area contributed by atoms with Crippen LogP contribution in [-0.2, 0) is 4.79 Å². The molecule has 0 aromatic heterocycles. The van der Waals surface area contributed by atoms with Crippen LogP contribution in [-0.4, -0.2) is 46.7 Å². The molecule has 1 saturated heterocycles. The zero-order chi connectivity index (χ0) is 12.3. The van der Waals surface area contributed by atoms with Crippen LogP contribution in [0, 0.1) is 0 Å². The van der Waals surface area contributed by atoms with E-state index in [1.165, 1.54) is 0 Å². The number of imide groups is 1. The van der Waals surface area contributed by atoms with E-state index in [2.05, 4.69) is 5.32 Å². The lowest BCUT2D eigenvalue weighted by Crippen LogP contribution is -2.52. The van der Waals surface area contributed by atoms with Crippen molar-refractivity contribution in [1.82, 2.24) is 10.2 Å². The molecule has 0 aromatic carbocycles. The quantitative estimate of drug-likeness (QED) is 0.590. The summed E-state index contributed by atoms with van der Waals surface area (Å²) >= 11 is 0. The fourth-order valence-corrected chi connectivity index (χ4v) is 1.78. The van der Waals surface area contributed by atoms with Crippen LogP contribution in [0.2, 0.25) is 0 Å². The first-order valence-electron chi connectivity index (χ1n) is 5.38. The standard InChI is InChI=1S/C10H19N3O3/c1-7(8(14)12-9(11)15)13-5-3-10(2,16)4-6-13/h7,16H,3-6H2,1-2H3,(H3,11,12,14,15). The van der Waals surface area contributed by atoms with E-state index in [1.54, 1.807) is 13.8 Å². The molecule has 6 nitrogen and oxygen atoms in total. The highest BCUT2D eigenvalue weighted by Crippen LogP contribution is 2.22. The molecule has 1 rings (SSSR count). The largest absolute Gasteiger partial charge is 0.390 e. The molecule has 4 N–H and O–H groups in total. The fraction of sp³-hybridized carbons (Fsp3) is 0.800. The first-order chi connectivity index (χ1) is 7.32. The summed E-state index contributed by atoms with van der Waals surface area (Å²) in [5.74, 6) is -0.394. The number of piperidine rings is 1. The summed E-state index contributed by atoms with van der Waals surface area (Å²) in [6, 6.07) is -1.23. The van der Waals surface area contributed by atoms with Crippen molar-refractivity contribution in [2.45, 2.75) is 38.3 Å². The van der Waals surface area contributed by atoms with Crippen LogP contribution in [0.15, 0.2) is 0 Å². The van der Waals surface area contributed by atoms with Gasteiger partial charge in [0.05, 0.1) is 11.6 Å². The summed E-state index contributed by atoms with van der Waals surface area (Å²) < 4.78 is 0. The molecule has 6 heteroatoms. The van der Waals surface area contributed by atoms with Crippen LogP contribution < -0.4 is 11.1 Å². The number of aliphatic hydroxyl groups is 1. The zero-order valence-electron chi connectivity index (χ0n) is 9.69.